The minimum absolute atomic E-state index is 0.103. The summed E-state index contributed by atoms with van der Waals surface area (Å²) in [6.07, 6.45) is 19.5. The zero-order valence-corrected chi connectivity index (χ0v) is 18.8. The van der Waals surface area contributed by atoms with Gasteiger partial charge in [0.25, 0.3) is 0 Å². The smallest absolute Gasteiger partial charge is 0.176 e. The molecule has 0 unspecified atom stereocenters. The molecular formula is C27H39F2N. The van der Waals surface area contributed by atoms with Crippen molar-refractivity contribution in [3.05, 3.63) is 34.9 Å². The van der Waals surface area contributed by atoms with Gasteiger partial charge < -0.3 is 0 Å². The average molecular weight is 416 g/mol. The molecule has 30 heavy (non-hydrogen) atoms. The molecule has 3 rings (SSSR count). The van der Waals surface area contributed by atoms with E-state index in [4.69, 9.17) is 5.26 Å². The third-order valence-corrected chi connectivity index (χ3v) is 7.93. The van der Waals surface area contributed by atoms with Crippen LogP contribution in [0.1, 0.15) is 120 Å². The second kappa shape index (κ2) is 11.8. The van der Waals surface area contributed by atoms with Gasteiger partial charge in [0.15, 0.2) is 11.6 Å². The fourth-order valence-electron chi connectivity index (χ4n) is 5.87. The summed E-state index contributed by atoms with van der Waals surface area (Å²) in [5, 5.41) is 8.86. The van der Waals surface area contributed by atoms with E-state index in [1.807, 2.05) is 0 Å². The van der Waals surface area contributed by atoms with E-state index in [1.54, 1.807) is 12.1 Å². The van der Waals surface area contributed by atoms with Crippen LogP contribution >= 0.6 is 0 Å². The number of hydrogen-bond donors (Lipinski definition) is 0. The summed E-state index contributed by atoms with van der Waals surface area (Å²) >= 11 is 0. The van der Waals surface area contributed by atoms with Gasteiger partial charge in [-0.05, 0) is 61.0 Å². The molecule has 2 saturated carbocycles. The molecule has 3 heteroatoms. The predicted octanol–water partition coefficient (Wildman–Crippen LogP) is 8.67. The quantitative estimate of drug-likeness (QED) is 0.370. The van der Waals surface area contributed by atoms with Crippen molar-refractivity contribution in [2.45, 2.75) is 109 Å². The molecule has 1 aromatic carbocycles. The molecule has 1 nitrogen and oxygen atoms in total. The third-order valence-electron chi connectivity index (χ3n) is 7.93. The van der Waals surface area contributed by atoms with Crippen LogP contribution in [0.2, 0.25) is 0 Å². The lowest BCUT2D eigenvalue weighted by Crippen LogP contribution is -2.18. The standard InChI is InChI=1S/C27H39F2N/c1-2-3-4-5-6-20-7-9-21(10-8-20)11-12-22-13-15-23(16-14-22)25-18-17-24(19-30)26(28)27(25)29/h17-18,20-23H,2-16H2,1H3/t20-,21-,22-,23-. The molecule has 0 radical (unpaired) electrons. The van der Waals surface area contributed by atoms with Crippen molar-refractivity contribution in [2.24, 2.45) is 17.8 Å². The second-order valence-electron chi connectivity index (χ2n) is 9.97. The molecule has 2 fully saturated rings. The lowest BCUT2D eigenvalue weighted by molar-refractivity contribution is 0.221. The molecule has 2 aliphatic rings. The van der Waals surface area contributed by atoms with Gasteiger partial charge in [-0.15, -0.1) is 0 Å². The maximum Gasteiger partial charge on any atom is 0.176 e. The lowest BCUT2D eigenvalue weighted by atomic mass is 9.73. The molecule has 2 aliphatic carbocycles. The molecule has 0 N–H and O–H groups in total. The van der Waals surface area contributed by atoms with Gasteiger partial charge in [0, 0.05) is 0 Å². The zero-order valence-electron chi connectivity index (χ0n) is 18.8. The van der Waals surface area contributed by atoms with Crippen LogP contribution in [0.25, 0.3) is 0 Å². The Balaban J connectivity index is 1.35. The largest absolute Gasteiger partial charge is 0.203 e. The van der Waals surface area contributed by atoms with Crippen molar-refractivity contribution < 1.29 is 8.78 Å². The highest BCUT2D eigenvalue weighted by Crippen LogP contribution is 2.41. The fraction of sp³-hybridized carbons (Fsp3) is 0.741. The highest BCUT2D eigenvalue weighted by molar-refractivity contribution is 5.36. The number of hydrogen-bond acceptors (Lipinski definition) is 1. The van der Waals surface area contributed by atoms with E-state index in [1.165, 1.54) is 76.7 Å². The van der Waals surface area contributed by atoms with Gasteiger partial charge >= 0.3 is 0 Å². The van der Waals surface area contributed by atoms with Gasteiger partial charge in [0.05, 0.1) is 5.56 Å². The van der Waals surface area contributed by atoms with Crippen LogP contribution in [-0.4, -0.2) is 0 Å². The van der Waals surface area contributed by atoms with E-state index in [2.05, 4.69) is 6.92 Å². The monoisotopic (exact) mass is 415 g/mol. The minimum Gasteiger partial charge on any atom is -0.203 e. The first kappa shape index (κ1) is 23.2. The van der Waals surface area contributed by atoms with E-state index >= 15 is 0 Å². The SMILES string of the molecule is CCCCCC[C@H]1CC[C@H](CC[C@H]2CC[C@H](c3ccc(C#N)c(F)c3F)CC2)CC1. The van der Waals surface area contributed by atoms with Crippen LogP contribution in [0.5, 0.6) is 0 Å². The Labute approximate surface area is 182 Å². The van der Waals surface area contributed by atoms with E-state index in [9.17, 15) is 8.78 Å². The highest BCUT2D eigenvalue weighted by atomic mass is 19.2. The highest BCUT2D eigenvalue weighted by Gasteiger charge is 2.27. The van der Waals surface area contributed by atoms with Crippen LogP contribution in [0.4, 0.5) is 8.78 Å². The minimum atomic E-state index is -0.974. The van der Waals surface area contributed by atoms with Gasteiger partial charge in [-0.2, -0.15) is 5.26 Å². The van der Waals surface area contributed by atoms with Crippen molar-refractivity contribution in [1.29, 1.82) is 5.26 Å². The Morgan fingerprint density at radius 2 is 1.33 bits per heavy atom. The van der Waals surface area contributed by atoms with E-state index in [-0.39, 0.29) is 11.5 Å². The number of nitrogens with zero attached hydrogens (tertiary/aromatic N) is 1. The third kappa shape index (κ3) is 6.29. The predicted molar refractivity (Wildman–Crippen MR) is 119 cm³/mol. The molecule has 0 atom stereocenters. The van der Waals surface area contributed by atoms with E-state index < -0.39 is 11.6 Å². The van der Waals surface area contributed by atoms with Crippen molar-refractivity contribution in [1.82, 2.24) is 0 Å². The number of benzene rings is 1. The van der Waals surface area contributed by atoms with Crippen LogP contribution in [0.15, 0.2) is 12.1 Å². The van der Waals surface area contributed by atoms with Crippen LogP contribution in [-0.2, 0) is 0 Å². The molecule has 0 aliphatic heterocycles. The topological polar surface area (TPSA) is 23.8 Å². The summed E-state index contributed by atoms with van der Waals surface area (Å²) < 4.78 is 28.3. The maximum absolute atomic E-state index is 14.3. The number of unbranched alkanes of at least 4 members (excludes halogenated alkanes) is 3. The molecule has 1 aromatic rings. The molecule has 0 bridgehead atoms. The molecule has 0 heterocycles. The van der Waals surface area contributed by atoms with Crippen LogP contribution in [0.3, 0.4) is 0 Å². The Kier molecular flexibility index (Phi) is 9.16. The second-order valence-corrected chi connectivity index (χ2v) is 9.97. The normalized spacial score (nSPS) is 27.0. The van der Waals surface area contributed by atoms with E-state index in [0.717, 1.165) is 43.4 Å². The Morgan fingerprint density at radius 3 is 1.90 bits per heavy atom. The lowest BCUT2D eigenvalue weighted by Gasteiger charge is -2.32. The molecular weight excluding hydrogens is 376 g/mol. The Hall–Kier alpha value is -1.43. The van der Waals surface area contributed by atoms with Crippen LogP contribution in [0, 0.1) is 40.7 Å². The maximum atomic E-state index is 14.3. The van der Waals surface area contributed by atoms with Crippen molar-refractivity contribution >= 4 is 0 Å². The number of nitriles is 1. The van der Waals surface area contributed by atoms with Gasteiger partial charge in [0.1, 0.15) is 6.07 Å². The molecule has 0 spiro atoms. The zero-order chi connectivity index (χ0) is 21.3. The summed E-state index contributed by atoms with van der Waals surface area (Å²) in [5.74, 6) is 0.976. The first-order valence-corrected chi connectivity index (χ1v) is 12.5. The Bertz CT molecular complexity index is 692. The molecule has 166 valence electrons. The molecule has 0 saturated heterocycles. The molecule has 0 amide bonds. The first-order valence-electron chi connectivity index (χ1n) is 12.5. The average Bonchev–Trinajstić information content (AvgIpc) is 2.78. The summed E-state index contributed by atoms with van der Waals surface area (Å²) in [4.78, 5) is 0. The molecule has 0 aromatic heterocycles. The summed E-state index contributed by atoms with van der Waals surface area (Å²) in [6.45, 7) is 2.28. The van der Waals surface area contributed by atoms with Gasteiger partial charge in [-0.3, -0.25) is 0 Å². The van der Waals surface area contributed by atoms with Gasteiger partial charge in [-0.25, -0.2) is 8.78 Å². The van der Waals surface area contributed by atoms with Crippen molar-refractivity contribution in [3.63, 3.8) is 0 Å². The number of halogens is 2. The fourth-order valence-corrected chi connectivity index (χ4v) is 5.87. The van der Waals surface area contributed by atoms with Crippen molar-refractivity contribution in [2.75, 3.05) is 0 Å². The Morgan fingerprint density at radius 1 is 0.767 bits per heavy atom. The van der Waals surface area contributed by atoms with Crippen molar-refractivity contribution in [3.8, 4) is 6.07 Å². The summed E-state index contributed by atoms with van der Waals surface area (Å²) in [6, 6.07) is 4.78. The van der Waals surface area contributed by atoms with Gasteiger partial charge in [-0.1, -0.05) is 83.6 Å². The summed E-state index contributed by atoms with van der Waals surface area (Å²) in [5.41, 5.74) is 0.280. The van der Waals surface area contributed by atoms with E-state index in [0.29, 0.717) is 5.56 Å². The number of rotatable bonds is 9. The van der Waals surface area contributed by atoms with Gasteiger partial charge in [0.2, 0.25) is 0 Å². The van der Waals surface area contributed by atoms with Crippen LogP contribution < -0.4 is 0 Å². The summed E-state index contributed by atoms with van der Waals surface area (Å²) in [7, 11) is 0. The first-order chi connectivity index (χ1) is 14.6.